The maximum absolute atomic E-state index is 14.1. The van der Waals surface area contributed by atoms with Crippen molar-refractivity contribution >= 4 is 5.97 Å². The Morgan fingerprint density at radius 3 is 2.11 bits per heavy atom. The van der Waals surface area contributed by atoms with Crippen molar-refractivity contribution in [2.24, 2.45) is 0 Å². The lowest BCUT2D eigenvalue weighted by Gasteiger charge is -2.17. The van der Waals surface area contributed by atoms with E-state index >= 15 is 0 Å². The van der Waals surface area contributed by atoms with Gasteiger partial charge in [0.25, 0.3) is 0 Å². The zero-order valence-electron chi connectivity index (χ0n) is 9.61. The average Bonchev–Trinajstić information content (AvgIpc) is 2.39. The van der Waals surface area contributed by atoms with Gasteiger partial charge in [-0.3, -0.25) is 0 Å². The highest BCUT2D eigenvalue weighted by Crippen LogP contribution is 2.36. The van der Waals surface area contributed by atoms with E-state index in [1.807, 2.05) is 0 Å². The van der Waals surface area contributed by atoms with Crippen molar-refractivity contribution in [3.05, 3.63) is 71.0 Å². The highest BCUT2D eigenvalue weighted by molar-refractivity contribution is 5.87. The van der Waals surface area contributed by atoms with Gasteiger partial charge in [0.2, 0.25) is 0 Å². The molecule has 0 unspecified atom stereocenters. The molecule has 1 N–H and O–H groups in total. The van der Waals surface area contributed by atoms with Crippen molar-refractivity contribution in [2.75, 3.05) is 0 Å². The zero-order valence-corrected chi connectivity index (χ0v) is 9.61. The number of carbonyl (C=O) groups is 1. The van der Waals surface area contributed by atoms with Gasteiger partial charge in [0.15, 0.2) is 0 Å². The molecule has 19 heavy (non-hydrogen) atoms. The first-order chi connectivity index (χ1) is 8.93. The number of benzene rings is 2. The number of hydrogen-bond donors (Lipinski definition) is 1. The van der Waals surface area contributed by atoms with E-state index in [0.717, 1.165) is 36.4 Å². The van der Waals surface area contributed by atoms with Crippen LogP contribution in [0.25, 0.3) is 0 Å². The Hall–Kier alpha value is -2.30. The third-order valence-corrected chi connectivity index (χ3v) is 2.71. The minimum absolute atomic E-state index is 0.104. The fourth-order valence-corrected chi connectivity index (χ4v) is 1.69. The summed E-state index contributed by atoms with van der Waals surface area (Å²) in [6.07, 6.45) is 0. The highest BCUT2D eigenvalue weighted by atomic mass is 19.3. The summed E-state index contributed by atoms with van der Waals surface area (Å²) in [5, 5.41) is 8.69. The van der Waals surface area contributed by atoms with Crippen molar-refractivity contribution < 1.29 is 23.1 Å². The van der Waals surface area contributed by atoms with E-state index in [1.54, 1.807) is 0 Å². The summed E-state index contributed by atoms with van der Waals surface area (Å²) in [5.74, 6) is -5.72. The molecule has 0 aliphatic rings. The van der Waals surface area contributed by atoms with Crippen LogP contribution in [0.5, 0.6) is 0 Å². The molecule has 98 valence electrons. The van der Waals surface area contributed by atoms with Crippen LogP contribution in [0.4, 0.5) is 13.2 Å². The average molecular weight is 266 g/mol. The van der Waals surface area contributed by atoms with Crippen LogP contribution < -0.4 is 0 Å². The molecule has 5 heteroatoms. The number of hydrogen-bond acceptors (Lipinski definition) is 1. The molecule has 0 atom stereocenters. The fraction of sp³-hybridized carbons (Fsp3) is 0.0714. The Labute approximate surface area is 107 Å². The van der Waals surface area contributed by atoms with Crippen molar-refractivity contribution in [1.82, 2.24) is 0 Å². The lowest BCUT2D eigenvalue weighted by atomic mass is 9.99. The van der Waals surface area contributed by atoms with Crippen LogP contribution >= 0.6 is 0 Å². The van der Waals surface area contributed by atoms with Gasteiger partial charge in [-0.1, -0.05) is 24.3 Å². The van der Waals surface area contributed by atoms with Gasteiger partial charge >= 0.3 is 11.9 Å². The van der Waals surface area contributed by atoms with E-state index in [2.05, 4.69) is 0 Å². The molecule has 0 heterocycles. The van der Waals surface area contributed by atoms with E-state index in [0.29, 0.717) is 0 Å². The minimum atomic E-state index is -3.51. The summed E-state index contributed by atoms with van der Waals surface area (Å²) in [5.41, 5.74) is -1.30. The fourth-order valence-electron chi connectivity index (χ4n) is 1.69. The second-order valence-corrected chi connectivity index (χ2v) is 3.94. The van der Waals surface area contributed by atoms with E-state index in [9.17, 15) is 18.0 Å². The van der Waals surface area contributed by atoms with Crippen LogP contribution in [-0.2, 0) is 5.92 Å². The Kier molecular flexibility index (Phi) is 3.29. The summed E-state index contributed by atoms with van der Waals surface area (Å²) < 4.78 is 41.6. The first-order valence-corrected chi connectivity index (χ1v) is 5.39. The third kappa shape index (κ3) is 2.45. The molecule has 0 saturated heterocycles. The Morgan fingerprint density at radius 2 is 1.58 bits per heavy atom. The third-order valence-electron chi connectivity index (χ3n) is 2.71. The lowest BCUT2D eigenvalue weighted by Crippen LogP contribution is -2.17. The first kappa shape index (κ1) is 13.1. The molecule has 2 aromatic carbocycles. The smallest absolute Gasteiger partial charge is 0.335 e. The van der Waals surface area contributed by atoms with Crippen LogP contribution in [-0.4, -0.2) is 11.1 Å². The topological polar surface area (TPSA) is 37.3 Å². The summed E-state index contributed by atoms with van der Waals surface area (Å²) in [6.45, 7) is 0. The van der Waals surface area contributed by atoms with E-state index < -0.39 is 28.8 Å². The van der Waals surface area contributed by atoms with Crippen molar-refractivity contribution in [1.29, 1.82) is 0 Å². The number of carboxylic acids is 1. The molecule has 0 bridgehead atoms. The SMILES string of the molecule is O=C(O)c1ccc(C(F)(F)c2ccccc2F)cc1. The molecule has 0 spiro atoms. The van der Waals surface area contributed by atoms with Crippen LogP contribution in [0, 0.1) is 5.82 Å². The maximum atomic E-state index is 14.1. The summed E-state index contributed by atoms with van der Waals surface area (Å²) >= 11 is 0. The summed E-state index contributed by atoms with van der Waals surface area (Å²) in [4.78, 5) is 10.6. The van der Waals surface area contributed by atoms with Crippen molar-refractivity contribution in [3.63, 3.8) is 0 Å². The molecular weight excluding hydrogens is 257 g/mol. The molecule has 0 fully saturated rings. The number of halogens is 3. The van der Waals surface area contributed by atoms with Gasteiger partial charge < -0.3 is 5.11 Å². The van der Waals surface area contributed by atoms with Gasteiger partial charge in [0.05, 0.1) is 11.1 Å². The predicted octanol–water partition coefficient (Wildman–Crippen LogP) is 3.66. The number of carboxylic acid groups (broad SMARTS) is 1. The molecule has 0 aromatic heterocycles. The molecule has 0 amide bonds. The molecule has 2 rings (SSSR count). The number of aromatic carboxylic acids is 1. The van der Waals surface area contributed by atoms with Crippen molar-refractivity contribution in [2.45, 2.75) is 5.92 Å². The van der Waals surface area contributed by atoms with Crippen molar-refractivity contribution in [3.8, 4) is 0 Å². The quantitative estimate of drug-likeness (QED) is 0.920. The molecule has 0 aliphatic carbocycles. The molecule has 0 aliphatic heterocycles. The van der Waals surface area contributed by atoms with Crippen LogP contribution in [0.2, 0.25) is 0 Å². The van der Waals surface area contributed by atoms with E-state index in [4.69, 9.17) is 5.11 Å². The second kappa shape index (κ2) is 4.76. The molecule has 0 saturated carbocycles. The van der Waals surface area contributed by atoms with Crippen LogP contribution in [0.1, 0.15) is 21.5 Å². The lowest BCUT2D eigenvalue weighted by molar-refractivity contribution is 0.0387. The normalized spacial score (nSPS) is 11.3. The second-order valence-electron chi connectivity index (χ2n) is 3.94. The Morgan fingerprint density at radius 1 is 1.00 bits per heavy atom. The van der Waals surface area contributed by atoms with Crippen LogP contribution in [0.3, 0.4) is 0 Å². The maximum Gasteiger partial charge on any atom is 0.335 e. The minimum Gasteiger partial charge on any atom is -0.478 e. The van der Waals surface area contributed by atoms with Gasteiger partial charge in [-0.15, -0.1) is 0 Å². The van der Waals surface area contributed by atoms with Gasteiger partial charge in [-0.25, -0.2) is 9.18 Å². The van der Waals surface area contributed by atoms with Gasteiger partial charge in [0, 0.05) is 5.56 Å². The zero-order chi connectivity index (χ0) is 14.0. The highest BCUT2D eigenvalue weighted by Gasteiger charge is 2.36. The number of alkyl halides is 2. The van der Waals surface area contributed by atoms with Gasteiger partial charge in [-0.2, -0.15) is 8.78 Å². The molecule has 2 nitrogen and oxygen atoms in total. The summed E-state index contributed by atoms with van der Waals surface area (Å²) in [7, 11) is 0. The largest absolute Gasteiger partial charge is 0.478 e. The molecule has 0 radical (unpaired) electrons. The number of rotatable bonds is 3. The van der Waals surface area contributed by atoms with E-state index in [-0.39, 0.29) is 5.56 Å². The Bertz CT molecular complexity index is 606. The standard InChI is InChI=1S/C14H9F3O2/c15-12-4-2-1-3-11(12)14(16,17)10-7-5-9(6-8-10)13(18)19/h1-8H,(H,18,19). The molecular formula is C14H9F3O2. The van der Waals surface area contributed by atoms with E-state index in [1.165, 1.54) is 12.1 Å². The van der Waals surface area contributed by atoms with Crippen LogP contribution in [0.15, 0.2) is 48.5 Å². The molecule has 2 aromatic rings. The first-order valence-electron chi connectivity index (χ1n) is 5.39. The summed E-state index contributed by atoms with van der Waals surface area (Å²) in [6, 6.07) is 8.68. The monoisotopic (exact) mass is 266 g/mol. The predicted molar refractivity (Wildman–Crippen MR) is 62.8 cm³/mol. The van der Waals surface area contributed by atoms with Gasteiger partial charge in [0.1, 0.15) is 5.82 Å². The Balaban J connectivity index is 2.45. The van der Waals surface area contributed by atoms with Gasteiger partial charge in [-0.05, 0) is 24.3 Å².